The molecule has 1 fully saturated rings. The van der Waals surface area contributed by atoms with E-state index in [0.717, 1.165) is 6.54 Å². The molecule has 2 heterocycles. The maximum absolute atomic E-state index is 3.45. The fourth-order valence-electron chi connectivity index (χ4n) is 1.90. The lowest BCUT2D eigenvalue weighted by atomic mass is 10.0. The third-order valence-electron chi connectivity index (χ3n) is 2.53. The number of piperidine rings is 1. The molecule has 1 atom stereocenters. The Labute approximate surface area is 68.2 Å². The fraction of sp³-hybridized carbons (Fsp3) is 0.778. The van der Waals surface area contributed by atoms with Gasteiger partial charge < -0.3 is 0 Å². The summed E-state index contributed by atoms with van der Waals surface area (Å²) < 4.78 is 0. The predicted octanol–water partition coefficient (Wildman–Crippen LogP) is 1.31. The van der Waals surface area contributed by atoms with Crippen LogP contribution in [-0.4, -0.2) is 24.1 Å². The van der Waals surface area contributed by atoms with Crippen LogP contribution in [0.2, 0.25) is 0 Å². The van der Waals surface area contributed by atoms with Gasteiger partial charge in [-0.25, -0.2) is 5.01 Å². The highest BCUT2D eigenvalue weighted by molar-refractivity contribution is 4.97. The van der Waals surface area contributed by atoms with Gasteiger partial charge >= 0.3 is 0 Å². The summed E-state index contributed by atoms with van der Waals surface area (Å²) in [6.45, 7) is 2.35. The van der Waals surface area contributed by atoms with Gasteiger partial charge in [-0.1, -0.05) is 18.6 Å². The van der Waals surface area contributed by atoms with Gasteiger partial charge in [0, 0.05) is 19.1 Å². The van der Waals surface area contributed by atoms with Crippen LogP contribution in [0.4, 0.5) is 0 Å². The van der Waals surface area contributed by atoms with E-state index in [0.29, 0.717) is 6.04 Å². The Balaban J connectivity index is 2.02. The molecule has 2 nitrogen and oxygen atoms in total. The lowest BCUT2D eigenvalue weighted by Gasteiger charge is -2.32. The Kier molecular flexibility index (Phi) is 2.24. The summed E-state index contributed by atoms with van der Waals surface area (Å²) in [5.74, 6) is 0. The van der Waals surface area contributed by atoms with Crippen molar-refractivity contribution in [2.24, 2.45) is 0 Å². The van der Waals surface area contributed by atoms with E-state index >= 15 is 0 Å². The second-order valence-electron chi connectivity index (χ2n) is 3.38. The molecule has 62 valence electrons. The van der Waals surface area contributed by atoms with Crippen molar-refractivity contribution in [1.29, 1.82) is 0 Å². The summed E-state index contributed by atoms with van der Waals surface area (Å²) in [5.41, 5.74) is 3.45. The molecule has 0 bridgehead atoms. The van der Waals surface area contributed by atoms with Crippen LogP contribution in [0.3, 0.4) is 0 Å². The summed E-state index contributed by atoms with van der Waals surface area (Å²) in [6, 6.07) is 0.686. The maximum Gasteiger partial charge on any atom is 0.0423 e. The Bertz CT molecular complexity index is 154. The zero-order valence-electron chi connectivity index (χ0n) is 6.92. The van der Waals surface area contributed by atoms with Gasteiger partial charge in [0.25, 0.3) is 0 Å². The minimum Gasteiger partial charge on any atom is -0.254 e. The van der Waals surface area contributed by atoms with Crippen molar-refractivity contribution in [3.05, 3.63) is 12.2 Å². The van der Waals surface area contributed by atoms with Gasteiger partial charge in [0.05, 0.1) is 0 Å². The number of hydrogen-bond donors (Lipinski definition) is 1. The van der Waals surface area contributed by atoms with E-state index in [-0.39, 0.29) is 0 Å². The van der Waals surface area contributed by atoms with Crippen molar-refractivity contribution < 1.29 is 0 Å². The van der Waals surface area contributed by atoms with Crippen LogP contribution in [0.1, 0.15) is 25.7 Å². The molecular formula is C9H16N2. The third kappa shape index (κ3) is 1.63. The molecule has 1 saturated heterocycles. The second kappa shape index (κ2) is 3.37. The van der Waals surface area contributed by atoms with Gasteiger partial charge in [-0.2, -0.15) is 0 Å². The van der Waals surface area contributed by atoms with Gasteiger partial charge in [0.2, 0.25) is 0 Å². The van der Waals surface area contributed by atoms with Crippen LogP contribution in [0, 0.1) is 0 Å². The molecule has 0 amide bonds. The predicted molar refractivity (Wildman–Crippen MR) is 46.1 cm³/mol. The molecule has 2 heteroatoms. The topological polar surface area (TPSA) is 15.3 Å². The van der Waals surface area contributed by atoms with Gasteiger partial charge in [0.15, 0.2) is 0 Å². The first-order valence-electron chi connectivity index (χ1n) is 4.63. The number of hydrogen-bond acceptors (Lipinski definition) is 2. The number of nitrogens with one attached hydrogen (secondary N) is 1. The average Bonchev–Trinajstić information content (AvgIpc) is 2.28. The van der Waals surface area contributed by atoms with E-state index in [1.54, 1.807) is 0 Å². The lowest BCUT2D eigenvalue weighted by molar-refractivity contribution is 0.118. The number of fused-ring (bicyclic) bond motifs is 1. The molecule has 0 saturated carbocycles. The van der Waals surface area contributed by atoms with Crippen molar-refractivity contribution in [2.75, 3.05) is 13.1 Å². The average molecular weight is 152 g/mol. The molecule has 0 aromatic carbocycles. The molecule has 0 aliphatic carbocycles. The molecule has 1 unspecified atom stereocenters. The SMILES string of the molecule is C1=CC2CCCCN2NCC1. The van der Waals surface area contributed by atoms with Crippen LogP contribution >= 0.6 is 0 Å². The minimum atomic E-state index is 0.686. The zero-order chi connectivity index (χ0) is 7.52. The smallest absolute Gasteiger partial charge is 0.0423 e. The van der Waals surface area contributed by atoms with E-state index in [1.165, 1.54) is 32.2 Å². The monoisotopic (exact) mass is 152 g/mol. The molecule has 2 aliphatic heterocycles. The largest absolute Gasteiger partial charge is 0.254 e. The summed E-state index contributed by atoms with van der Waals surface area (Å²) >= 11 is 0. The van der Waals surface area contributed by atoms with E-state index in [1.807, 2.05) is 0 Å². The number of rotatable bonds is 0. The summed E-state index contributed by atoms with van der Waals surface area (Å²) in [5, 5.41) is 2.40. The van der Waals surface area contributed by atoms with Crippen LogP contribution in [0.25, 0.3) is 0 Å². The highest BCUT2D eigenvalue weighted by atomic mass is 15.5. The summed E-state index contributed by atoms with van der Waals surface area (Å²) in [7, 11) is 0. The van der Waals surface area contributed by atoms with Crippen LogP contribution < -0.4 is 5.43 Å². The molecule has 0 aromatic rings. The highest BCUT2D eigenvalue weighted by Crippen LogP contribution is 2.17. The van der Waals surface area contributed by atoms with Gasteiger partial charge in [0.1, 0.15) is 0 Å². The normalized spacial score (nSPS) is 32.9. The van der Waals surface area contributed by atoms with Crippen molar-refractivity contribution in [1.82, 2.24) is 10.4 Å². The van der Waals surface area contributed by atoms with Gasteiger partial charge in [-0.15, -0.1) is 0 Å². The van der Waals surface area contributed by atoms with Crippen LogP contribution in [0.5, 0.6) is 0 Å². The van der Waals surface area contributed by atoms with Gasteiger partial charge in [-0.05, 0) is 19.3 Å². The molecule has 0 spiro atoms. The van der Waals surface area contributed by atoms with E-state index < -0.39 is 0 Å². The van der Waals surface area contributed by atoms with Crippen molar-refractivity contribution in [3.8, 4) is 0 Å². The van der Waals surface area contributed by atoms with Crippen LogP contribution in [-0.2, 0) is 0 Å². The standard InChI is InChI=1S/C9H16N2/c1-3-7-10-11-8-4-2-6-9(11)5-1/h1,5,9-10H,2-4,6-8H2. The first kappa shape index (κ1) is 7.32. The summed E-state index contributed by atoms with van der Waals surface area (Å²) in [4.78, 5) is 0. The lowest BCUT2D eigenvalue weighted by Crippen LogP contribution is -2.46. The van der Waals surface area contributed by atoms with Crippen molar-refractivity contribution in [2.45, 2.75) is 31.7 Å². The Morgan fingerprint density at radius 3 is 3.36 bits per heavy atom. The minimum absolute atomic E-state index is 0.686. The molecule has 11 heavy (non-hydrogen) atoms. The zero-order valence-corrected chi connectivity index (χ0v) is 6.92. The fourth-order valence-corrected chi connectivity index (χ4v) is 1.90. The van der Waals surface area contributed by atoms with E-state index in [2.05, 4.69) is 22.6 Å². The second-order valence-corrected chi connectivity index (χ2v) is 3.38. The molecule has 0 radical (unpaired) electrons. The third-order valence-corrected chi connectivity index (χ3v) is 2.53. The van der Waals surface area contributed by atoms with Crippen molar-refractivity contribution >= 4 is 0 Å². The number of hydrazine groups is 1. The maximum atomic E-state index is 3.45. The quantitative estimate of drug-likeness (QED) is 0.526. The molecule has 1 N–H and O–H groups in total. The molecular weight excluding hydrogens is 136 g/mol. The molecule has 2 aliphatic rings. The molecule has 2 rings (SSSR count). The molecule has 0 aromatic heterocycles. The van der Waals surface area contributed by atoms with Gasteiger partial charge in [-0.3, -0.25) is 5.43 Å². The Morgan fingerprint density at radius 2 is 2.36 bits per heavy atom. The Morgan fingerprint density at radius 1 is 1.36 bits per heavy atom. The first-order chi connectivity index (χ1) is 5.47. The van der Waals surface area contributed by atoms with E-state index in [4.69, 9.17) is 0 Å². The Hall–Kier alpha value is -0.340. The van der Waals surface area contributed by atoms with Crippen LogP contribution in [0.15, 0.2) is 12.2 Å². The highest BCUT2D eigenvalue weighted by Gasteiger charge is 2.20. The van der Waals surface area contributed by atoms with Crippen molar-refractivity contribution in [3.63, 3.8) is 0 Å². The van der Waals surface area contributed by atoms with E-state index in [9.17, 15) is 0 Å². The summed E-state index contributed by atoms with van der Waals surface area (Å²) in [6.07, 6.45) is 9.95. The first-order valence-corrected chi connectivity index (χ1v) is 4.63. The number of nitrogens with zero attached hydrogens (tertiary/aromatic N) is 1.